The van der Waals surface area contributed by atoms with Crippen molar-refractivity contribution in [1.29, 1.82) is 0 Å². The lowest BCUT2D eigenvalue weighted by molar-refractivity contribution is -0.143. The lowest BCUT2D eigenvalue weighted by Gasteiger charge is -2.14. The average molecular weight is 633 g/mol. The van der Waals surface area contributed by atoms with E-state index < -0.39 is 29.4 Å². The zero-order chi connectivity index (χ0) is 34.5. The summed E-state index contributed by atoms with van der Waals surface area (Å²) in [5, 5.41) is 0. The van der Waals surface area contributed by atoms with Crippen LogP contribution in [0.15, 0.2) is 82.2 Å². The summed E-state index contributed by atoms with van der Waals surface area (Å²) in [7, 11) is 1.29. The lowest BCUT2D eigenvalue weighted by Crippen LogP contribution is -2.16. The summed E-state index contributed by atoms with van der Waals surface area (Å²) in [6, 6.07) is 1.39. The Balaban J connectivity index is 0. The van der Waals surface area contributed by atoms with Gasteiger partial charge in [0.1, 0.15) is 5.83 Å². The monoisotopic (exact) mass is 632 g/mol. The van der Waals surface area contributed by atoms with E-state index >= 15 is 0 Å². The second-order valence-electron chi connectivity index (χ2n) is 9.64. The van der Waals surface area contributed by atoms with Crippen molar-refractivity contribution in [3.8, 4) is 0 Å². The zero-order valence-electron chi connectivity index (χ0n) is 27.0. The van der Waals surface area contributed by atoms with E-state index in [9.17, 15) is 35.5 Å². The number of amides is 1. The molecule has 0 aliphatic carbocycles. The van der Waals surface area contributed by atoms with Gasteiger partial charge in [-0.2, -0.15) is 26.3 Å². The van der Waals surface area contributed by atoms with Crippen molar-refractivity contribution in [1.82, 2.24) is 0 Å². The van der Waals surface area contributed by atoms with E-state index in [1.807, 2.05) is 13.8 Å². The zero-order valence-corrected chi connectivity index (χ0v) is 27.0. The normalized spacial score (nSPS) is 13.8. The highest BCUT2D eigenvalue weighted by atomic mass is 19.4. The number of carbonyl (C=O) groups is 1. The Labute approximate surface area is 258 Å². The molecule has 1 aromatic rings. The first-order valence-electron chi connectivity index (χ1n) is 14.5. The number of nitrogens with zero attached hydrogens (tertiary/aromatic N) is 1. The van der Waals surface area contributed by atoms with E-state index in [1.165, 1.54) is 26.8 Å². The van der Waals surface area contributed by atoms with Crippen molar-refractivity contribution in [2.75, 3.05) is 7.05 Å². The SMILES string of the molecule is C/C=C/CCC.CN=C(C)c1cc(C(F)(F)F)cc(C(F)(F)F)c1.C\C=C/C=C(C(F)=C(C)CC)/C(=C\CCCC)C(N)=O. The minimum Gasteiger partial charge on any atom is -0.366 e. The number of rotatable bonds is 11. The van der Waals surface area contributed by atoms with Gasteiger partial charge in [-0.25, -0.2) is 4.39 Å². The van der Waals surface area contributed by atoms with Crippen LogP contribution in [0, 0.1) is 0 Å². The summed E-state index contributed by atoms with van der Waals surface area (Å²) in [5.74, 6) is -0.942. The maximum atomic E-state index is 14.4. The molecular weight excluding hydrogens is 585 g/mol. The van der Waals surface area contributed by atoms with Crippen LogP contribution in [0.4, 0.5) is 30.7 Å². The van der Waals surface area contributed by atoms with Crippen molar-refractivity contribution in [3.05, 3.63) is 93.9 Å². The fourth-order valence-corrected chi connectivity index (χ4v) is 3.28. The highest BCUT2D eigenvalue weighted by molar-refractivity contribution is 5.99. The second kappa shape index (κ2) is 22.1. The number of benzene rings is 1. The van der Waals surface area contributed by atoms with Gasteiger partial charge < -0.3 is 5.73 Å². The Morgan fingerprint density at radius 2 is 1.41 bits per heavy atom. The highest BCUT2D eigenvalue weighted by Gasteiger charge is 2.37. The molecule has 1 rings (SSSR count). The number of hydrogen-bond donors (Lipinski definition) is 1. The first-order chi connectivity index (χ1) is 20.5. The molecule has 0 unspecified atom stereocenters. The van der Waals surface area contributed by atoms with Crippen molar-refractivity contribution >= 4 is 11.6 Å². The van der Waals surface area contributed by atoms with Gasteiger partial charge in [-0.1, -0.05) is 76.5 Å². The van der Waals surface area contributed by atoms with Gasteiger partial charge in [-0.15, -0.1) is 0 Å². The molecule has 0 saturated carbocycles. The molecule has 1 amide bonds. The molecule has 0 saturated heterocycles. The van der Waals surface area contributed by atoms with Crippen LogP contribution in [0.1, 0.15) is 104 Å². The number of nitrogens with two attached hydrogens (primary N) is 1. The van der Waals surface area contributed by atoms with Crippen LogP contribution < -0.4 is 5.73 Å². The third kappa shape index (κ3) is 17.0. The minimum atomic E-state index is -4.83. The van der Waals surface area contributed by atoms with Gasteiger partial charge in [0.2, 0.25) is 5.91 Å². The predicted octanol–water partition coefficient (Wildman–Crippen LogP) is 11.3. The molecule has 3 nitrogen and oxygen atoms in total. The Morgan fingerprint density at radius 3 is 1.75 bits per heavy atom. The van der Waals surface area contributed by atoms with Crippen molar-refractivity contribution < 1.29 is 35.5 Å². The van der Waals surface area contributed by atoms with Gasteiger partial charge in [0, 0.05) is 23.9 Å². The Morgan fingerprint density at radius 1 is 0.864 bits per heavy atom. The Hall–Kier alpha value is -3.43. The number of halogens is 7. The standard InChI is InChI=1S/C17H26FNO.C11H9F6N.C6H12/c1-5-8-10-12-15(17(19)20)14(11-9-6-2)16(18)13(4)7-3;1-6(18-2)7-3-8(10(12,13)14)5-9(4-7)11(15,16)17;1-3-5-6-4-2/h6,9,11-12H,5,7-8,10H2,1-4H3,(H2,19,20);3-5H,1-2H3;3,5H,4,6H2,1-2H3/b9-6-,14-11-,15-12+,16-13?;;5-3+. The van der Waals surface area contributed by atoms with Gasteiger partial charge >= 0.3 is 12.4 Å². The van der Waals surface area contributed by atoms with E-state index in [0.29, 0.717) is 24.1 Å². The van der Waals surface area contributed by atoms with Crippen molar-refractivity contribution in [2.45, 2.75) is 99.3 Å². The summed E-state index contributed by atoms with van der Waals surface area (Å²) in [5.41, 5.74) is 3.81. The quantitative estimate of drug-likeness (QED) is 0.0647. The number of alkyl halides is 6. The largest absolute Gasteiger partial charge is 0.416 e. The van der Waals surface area contributed by atoms with Crippen molar-refractivity contribution in [2.24, 2.45) is 10.7 Å². The number of hydrogen-bond acceptors (Lipinski definition) is 2. The third-order valence-corrected chi connectivity index (χ3v) is 6.09. The number of aliphatic imine (C=N–C) groups is 1. The van der Waals surface area contributed by atoms with E-state index in [2.05, 4.69) is 37.9 Å². The fourth-order valence-electron chi connectivity index (χ4n) is 3.28. The van der Waals surface area contributed by atoms with Crippen LogP contribution in [0.5, 0.6) is 0 Å². The molecule has 0 spiro atoms. The molecule has 0 atom stereocenters. The van der Waals surface area contributed by atoms with Crippen LogP contribution in [0.3, 0.4) is 0 Å². The van der Waals surface area contributed by atoms with E-state index in [-0.39, 0.29) is 34.3 Å². The predicted molar refractivity (Wildman–Crippen MR) is 168 cm³/mol. The first kappa shape index (κ1) is 42.7. The summed E-state index contributed by atoms with van der Waals surface area (Å²) in [6.07, 6.45) is 7.25. The van der Waals surface area contributed by atoms with E-state index in [1.54, 1.807) is 31.2 Å². The lowest BCUT2D eigenvalue weighted by atomic mass is 9.98. The van der Waals surface area contributed by atoms with Gasteiger partial charge in [0.15, 0.2) is 0 Å². The maximum absolute atomic E-state index is 14.4. The van der Waals surface area contributed by atoms with E-state index in [0.717, 1.165) is 19.3 Å². The number of unbranched alkanes of at least 4 members (excludes halogenated alkanes) is 3. The van der Waals surface area contributed by atoms with Gasteiger partial charge in [-0.05, 0) is 76.3 Å². The van der Waals surface area contributed by atoms with E-state index in [4.69, 9.17) is 5.73 Å². The van der Waals surface area contributed by atoms with Gasteiger partial charge in [-0.3, -0.25) is 9.79 Å². The molecule has 248 valence electrons. The molecular formula is C34H47F7N2O. The molecule has 10 heteroatoms. The number of primary amides is 1. The fraction of sp³-hybridized carbons (Fsp3) is 0.471. The average Bonchev–Trinajstić information content (AvgIpc) is 2.97. The molecule has 0 aromatic heterocycles. The maximum Gasteiger partial charge on any atom is 0.416 e. The Kier molecular flexibility index (Phi) is 21.5. The highest BCUT2D eigenvalue weighted by Crippen LogP contribution is 2.36. The molecule has 0 aliphatic rings. The van der Waals surface area contributed by atoms with Crippen LogP contribution >= 0.6 is 0 Å². The topological polar surface area (TPSA) is 55.4 Å². The van der Waals surface area contributed by atoms with Gasteiger partial charge in [0.05, 0.1) is 11.1 Å². The third-order valence-electron chi connectivity index (χ3n) is 6.09. The molecule has 2 N–H and O–H groups in total. The van der Waals surface area contributed by atoms with Crippen LogP contribution in [0.2, 0.25) is 0 Å². The smallest absolute Gasteiger partial charge is 0.366 e. The molecule has 44 heavy (non-hydrogen) atoms. The summed E-state index contributed by atoms with van der Waals surface area (Å²) < 4.78 is 89.4. The van der Waals surface area contributed by atoms with Crippen LogP contribution in [-0.2, 0) is 17.1 Å². The molecule has 0 bridgehead atoms. The number of carbonyl (C=O) groups excluding carboxylic acids is 1. The molecule has 0 fully saturated rings. The van der Waals surface area contributed by atoms with Crippen LogP contribution in [-0.4, -0.2) is 18.7 Å². The molecule has 0 aliphatic heterocycles. The summed E-state index contributed by atoms with van der Waals surface area (Å²) in [4.78, 5) is 15.2. The van der Waals surface area contributed by atoms with Gasteiger partial charge in [0.25, 0.3) is 0 Å². The summed E-state index contributed by atoms with van der Waals surface area (Å²) in [6.45, 7) is 13.1. The first-order valence-corrected chi connectivity index (χ1v) is 14.5. The second-order valence-corrected chi connectivity index (χ2v) is 9.64. The minimum absolute atomic E-state index is 0.0897. The molecule has 0 heterocycles. The molecule has 0 radical (unpaired) electrons. The Bertz CT molecular complexity index is 1170. The molecule has 1 aromatic carbocycles. The van der Waals surface area contributed by atoms with Crippen LogP contribution in [0.25, 0.3) is 0 Å². The number of allylic oxidation sites excluding steroid dienone is 8. The summed E-state index contributed by atoms with van der Waals surface area (Å²) >= 11 is 0. The van der Waals surface area contributed by atoms with Crippen molar-refractivity contribution in [3.63, 3.8) is 0 Å².